The van der Waals surface area contributed by atoms with Gasteiger partial charge in [0.15, 0.2) is 0 Å². The number of rotatable bonds is 9. The van der Waals surface area contributed by atoms with E-state index in [-0.39, 0.29) is 18.2 Å². The summed E-state index contributed by atoms with van der Waals surface area (Å²) in [7, 11) is 1.61. The topological polar surface area (TPSA) is 57.3 Å². The maximum absolute atomic E-state index is 11.6. The largest absolute Gasteiger partial charge is 0.496 e. The molecule has 2 atom stereocenters. The van der Waals surface area contributed by atoms with Crippen LogP contribution < -0.4 is 4.74 Å². The Kier molecular flexibility index (Phi) is 6.62. The van der Waals surface area contributed by atoms with Crippen molar-refractivity contribution in [3.05, 3.63) is 35.4 Å². The Morgan fingerprint density at radius 1 is 1.43 bits per heavy atom. The summed E-state index contributed by atoms with van der Waals surface area (Å²) in [6.45, 7) is 5.54. The maximum Gasteiger partial charge on any atom is 0.330 e. The summed E-state index contributed by atoms with van der Waals surface area (Å²) in [5.74, 6) is 0.331. The average Bonchev–Trinajstić information content (AvgIpc) is 3.38. The van der Waals surface area contributed by atoms with Crippen molar-refractivity contribution in [1.29, 1.82) is 0 Å². The van der Waals surface area contributed by atoms with E-state index in [1.165, 1.54) is 6.08 Å². The van der Waals surface area contributed by atoms with E-state index in [1.807, 2.05) is 18.2 Å². The molecule has 5 nitrogen and oxygen atoms in total. The van der Waals surface area contributed by atoms with Crippen LogP contribution in [0.1, 0.15) is 37.5 Å². The summed E-state index contributed by atoms with van der Waals surface area (Å²) in [5.41, 5.74) is 1.83. The van der Waals surface area contributed by atoms with E-state index in [4.69, 9.17) is 18.9 Å². The van der Waals surface area contributed by atoms with Crippen LogP contribution in [0, 0.1) is 0 Å². The molecule has 5 heteroatoms. The van der Waals surface area contributed by atoms with Crippen molar-refractivity contribution >= 4 is 12.0 Å². The molecule has 1 aliphatic rings. The molecule has 0 amide bonds. The van der Waals surface area contributed by atoms with Gasteiger partial charge in [0, 0.05) is 11.6 Å². The summed E-state index contributed by atoms with van der Waals surface area (Å²) in [4.78, 5) is 11.6. The first kappa shape index (κ1) is 17.5. The monoisotopic (exact) mass is 320 g/mol. The number of methoxy groups -OCH3 is 1. The SMILES string of the molecule is CCOC(=O)/C=C/c1c(OC)cccc1[C@@H](CC)OCC1CO1. The van der Waals surface area contributed by atoms with Crippen LogP contribution in [-0.4, -0.2) is 39.0 Å². The number of hydrogen-bond donors (Lipinski definition) is 0. The minimum absolute atomic E-state index is 0.0730. The van der Waals surface area contributed by atoms with E-state index in [9.17, 15) is 4.79 Å². The average molecular weight is 320 g/mol. The van der Waals surface area contributed by atoms with Crippen LogP contribution in [0.5, 0.6) is 5.75 Å². The molecule has 0 radical (unpaired) electrons. The van der Waals surface area contributed by atoms with Gasteiger partial charge in [-0.1, -0.05) is 19.1 Å². The summed E-state index contributed by atoms with van der Waals surface area (Å²) >= 11 is 0. The Hall–Kier alpha value is -1.85. The van der Waals surface area contributed by atoms with Crippen LogP contribution in [0.15, 0.2) is 24.3 Å². The van der Waals surface area contributed by atoms with Gasteiger partial charge in [-0.2, -0.15) is 0 Å². The van der Waals surface area contributed by atoms with Crippen molar-refractivity contribution in [1.82, 2.24) is 0 Å². The number of epoxide rings is 1. The van der Waals surface area contributed by atoms with E-state index in [0.29, 0.717) is 19.0 Å². The fourth-order valence-electron chi connectivity index (χ4n) is 2.36. The highest BCUT2D eigenvalue weighted by atomic mass is 16.6. The number of carbonyl (C=O) groups is 1. The summed E-state index contributed by atoms with van der Waals surface area (Å²) in [6.07, 6.45) is 4.11. The number of ether oxygens (including phenoxy) is 4. The predicted octanol–water partition coefficient (Wildman–Crippen LogP) is 3.14. The number of hydrogen-bond acceptors (Lipinski definition) is 5. The van der Waals surface area contributed by atoms with Crippen LogP contribution >= 0.6 is 0 Å². The van der Waals surface area contributed by atoms with Crippen LogP contribution in [-0.2, 0) is 19.0 Å². The van der Waals surface area contributed by atoms with E-state index in [1.54, 1.807) is 20.1 Å². The Morgan fingerprint density at radius 2 is 2.22 bits per heavy atom. The van der Waals surface area contributed by atoms with Gasteiger partial charge in [-0.15, -0.1) is 0 Å². The van der Waals surface area contributed by atoms with Gasteiger partial charge in [-0.05, 0) is 31.1 Å². The van der Waals surface area contributed by atoms with Gasteiger partial charge in [-0.3, -0.25) is 0 Å². The van der Waals surface area contributed by atoms with Crippen molar-refractivity contribution in [3.63, 3.8) is 0 Å². The van der Waals surface area contributed by atoms with Gasteiger partial charge in [-0.25, -0.2) is 4.79 Å². The van der Waals surface area contributed by atoms with Crippen LogP contribution in [0.4, 0.5) is 0 Å². The zero-order chi connectivity index (χ0) is 16.7. The minimum atomic E-state index is -0.371. The zero-order valence-electron chi connectivity index (χ0n) is 13.9. The van der Waals surface area contributed by atoms with Crippen molar-refractivity contribution in [3.8, 4) is 5.75 Å². The van der Waals surface area contributed by atoms with Crippen LogP contribution in [0.25, 0.3) is 6.08 Å². The number of carbonyl (C=O) groups excluding carboxylic acids is 1. The van der Waals surface area contributed by atoms with Gasteiger partial charge < -0.3 is 18.9 Å². The van der Waals surface area contributed by atoms with E-state index in [0.717, 1.165) is 24.2 Å². The molecule has 2 rings (SSSR count). The summed E-state index contributed by atoms with van der Waals surface area (Å²) < 4.78 is 21.5. The molecule has 1 aromatic carbocycles. The minimum Gasteiger partial charge on any atom is -0.496 e. The second kappa shape index (κ2) is 8.70. The standard InChI is InChI=1S/C18H24O5/c1-4-16(23-12-13-11-22-13)14-7-6-8-17(20-3)15(14)9-10-18(19)21-5-2/h6-10,13,16H,4-5,11-12H2,1-3H3/b10-9+/t13?,16-/m1/s1. The maximum atomic E-state index is 11.6. The first-order valence-corrected chi connectivity index (χ1v) is 7.94. The number of esters is 1. The molecule has 1 fully saturated rings. The summed E-state index contributed by atoms with van der Waals surface area (Å²) in [5, 5.41) is 0. The first-order chi connectivity index (χ1) is 11.2. The van der Waals surface area contributed by atoms with Gasteiger partial charge in [0.05, 0.1) is 33.0 Å². The van der Waals surface area contributed by atoms with Crippen molar-refractivity contribution < 1.29 is 23.7 Å². The molecule has 1 saturated heterocycles. The number of benzene rings is 1. The highest BCUT2D eigenvalue weighted by Crippen LogP contribution is 2.32. The lowest BCUT2D eigenvalue weighted by Gasteiger charge is -2.20. The van der Waals surface area contributed by atoms with E-state index < -0.39 is 0 Å². The molecule has 0 bridgehead atoms. The fourth-order valence-corrected chi connectivity index (χ4v) is 2.36. The van der Waals surface area contributed by atoms with Gasteiger partial charge in [0.25, 0.3) is 0 Å². The first-order valence-electron chi connectivity index (χ1n) is 7.94. The van der Waals surface area contributed by atoms with Crippen LogP contribution in [0.3, 0.4) is 0 Å². The Morgan fingerprint density at radius 3 is 2.83 bits per heavy atom. The molecule has 126 valence electrons. The normalized spacial score (nSPS) is 18.0. The molecular weight excluding hydrogens is 296 g/mol. The predicted molar refractivity (Wildman–Crippen MR) is 87.4 cm³/mol. The zero-order valence-corrected chi connectivity index (χ0v) is 13.9. The second-order valence-corrected chi connectivity index (χ2v) is 5.23. The van der Waals surface area contributed by atoms with Crippen molar-refractivity contribution in [2.24, 2.45) is 0 Å². The third-order valence-electron chi connectivity index (χ3n) is 3.60. The molecule has 0 N–H and O–H groups in total. The van der Waals surface area contributed by atoms with Gasteiger partial charge >= 0.3 is 5.97 Å². The Labute approximate surface area is 137 Å². The lowest BCUT2D eigenvalue weighted by molar-refractivity contribution is -0.137. The smallest absolute Gasteiger partial charge is 0.330 e. The molecule has 1 heterocycles. The van der Waals surface area contributed by atoms with E-state index in [2.05, 4.69) is 6.92 Å². The quantitative estimate of drug-likeness (QED) is 0.397. The Bertz CT molecular complexity index is 548. The van der Waals surface area contributed by atoms with E-state index >= 15 is 0 Å². The molecular formula is C18H24O5. The molecule has 0 aliphatic carbocycles. The molecule has 1 aromatic rings. The fraction of sp³-hybridized carbons (Fsp3) is 0.500. The van der Waals surface area contributed by atoms with Crippen LogP contribution in [0.2, 0.25) is 0 Å². The van der Waals surface area contributed by atoms with Gasteiger partial charge in [0.1, 0.15) is 11.9 Å². The molecule has 0 saturated carbocycles. The molecule has 1 aliphatic heterocycles. The molecule has 0 aromatic heterocycles. The lowest BCUT2D eigenvalue weighted by atomic mass is 9.99. The molecule has 23 heavy (non-hydrogen) atoms. The third kappa shape index (κ3) is 5.08. The second-order valence-electron chi connectivity index (χ2n) is 5.23. The third-order valence-corrected chi connectivity index (χ3v) is 3.60. The van der Waals surface area contributed by atoms with Gasteiger partial charge in [0.2, 0.25) is 0 Å². The Balaban J connectivity index is 2.23. The summed E-state index contributed by atoms with van der Waals surface area (Å²) in [6, 6.07) is 5.79. The molecule has 0 spiro atoms. The lowest BCUT2D eigenvalue weighted by Crippen LogP contribution is -2.10. The highest BCUT2D eigenvalue weighted by molar-refractivity contribution is 5.88. The highest BCUT2D eigenvalue weighted by Gasteiger charge is 2.25. The molecule has 1 unspecified atom stereocenters. The van der Waals surface area contributed by atoms with Crippen molar-refractivity contribution in [2.45, 2.75) is 32.5 Å². The van der Waals surface area contributed by atoms with Crippen molar-refractivity contribution in [2.75, 3.05) is 26.9 Å².